The predicted octanol–water partition coefficient (Wildman–Crippen LogP) is 6.69. The zero-order chi connectivity index (χ0) is 14.3. The minimum Gasteiger partial charge on any atom is -0.0651 e. The summed E-state index contributed by atoms with van der Waals surface area (Å²) < 4.78 is 0. The maximum Gasteiger partial charge on any atom is -0.0353 e. The highest BCUT2D eigenvalue weighted by molar-refractivity contribution is 4.81. The first-order chi connectivity index (χ1) is 9.10. The Morgan fingerprint density at radius 1 is 0.842 bits per heavy atom. The van der Waals surface area contributed by atoms with Crippen LogP contribution in [0.4, 0.5) is 0 Å². The molecular weight excluding hydrogens is 228 g/mol. The average Bonchev–Trinajstić information content (AvgIpc) is 2.66. The van der Waals surface area contributed by atoms with Gasteiger partial charge in [-0.05, 0) is 36.0 Å². The van der Waals surface area contributed by atoms with E-state index in [-0.39, 0.29) is 0 Å². The quantitative estimate of drug-likeness (QED) is 0.450. The van der Waals surface area contributed by atoms with Crippen LogP contribution in [0.25, 0.3) is 0 Å². The van der Waals surface area contributed by atoms with Crippen molar-refractivity contribution >= 4 is 0 Å². The Morgan fingerprint density at radius 3 is 1.84 bits per heavy atom. The summed E-state index contributed by atoms with van der Waals surface area (Å²) in [5.74, 6) is 4.77. The van der Waals surface area contributed by atoms with Crippen LogP contribution in [0, 0.1) is 29.6 Å². The Morgan fingerprint density at radius 2 is 1.42 bits per heavy atom. The maximum atomic E-state index is 2.47. The third kappa shape index (κ3) is 5.48. The fourth-order valence-corrected chi connectivity index (χ4v) is 4.36. The predicted molar refractivity (Wildman–Crippen MR) is 87.4 cm³/mol. The number of hydrogen-bond donors (Lipinski definition) is 0. The first-order valence-corrected chi connectivity index (χ1v) is 9.10. The first-order valence-electron chi connectivity index (χ1n) is 9.10. The fraction of sp³-hybridized carbons (Fsp3) is 1.00. The Balaban J connectivity index is 2.76. The summed E-state index contributed by atoms with van der Waals surface area (Å²) in [5.41, 5.74) is 0. The van der Waals surface area contributed by atoms with E-state index in [1.54, 1.807) is 0 Å². The molecule has 0 saturated heterocycles. The maximum absolute atomic E-state index is 2.47. The molecule has 1 aliphatic rings. The topological polar surface area (TPSA) is 0 Å². The molecule has 3 unspecified atom stereocenters. The van der Waals surface area contributed by atoms with Gasteiger partial charge in [-0.15, -0.1) is 0 Å². The van der Waals surface area contributed by atoms with Gasteiger partial charge in [0.1, 0.15) is 0 Å². The summed E-state index contributed by atoms with van der Waals surface area (Å²) in [5, 5.41) is 0. The monoisotopic (exact) mass is 266 g/mol. The molecule has 0 radical (unpaired) electrons. The van der Waals surface area contributed by atoms with Crippen LogP contribution in [0.5, 0.6) is 0 Å². The van der Waals surface area contributed by atoms with Gasteiger partial charge < -0.3 is 0 Å². The molecule has 1 fully saturated rings. The van der Waals surface area contributed by atoms with Gasteiger partial charge in [-0.25, -0.2) is 0 Å². The van der Waals surface area contributed by atoms with Gasteiger partial charge in [0.2, 0.25) is 0 Å². The van der Waals surface area contributed by atoms with Crippen LogP contribution in [0.2, 0.25) is 0 Å². The van der Waals surface area contributed by atoms with Gasteiger partial charge in [0, 0.05) is 0 Å². The van der Waals surface area contributed by atoms with E-state index in [9.17, 15) is 0 Å². The van der Waals surface area contributed by atoms with Gasteiger partial charge in [0.15, 0.2) is 0 Å². The standard InChI is InChI=1S/C19H38/c1-6-16(5)14-19(18(7-2)15(3)4)17-12-10-8-9-11-13-17/h15-19H,6-14H2,1-5H3. The van der Waals surface area contributed by atoms with Crippen molar-refractivity contribution in [3.05, 3.63) is 0 Å². The molecule has 0 heterocycles. The van der Waals surface area contributed by atoms with Crippen LogP contribution in [0.3, 0.4) is 0 Å². The van der Waals surface area contributed by atoms with E-state index in [1.807, 2.05) is 0 Å². The van der Waals surface area contributed by atoms with Gasteiger partial charge in [-0.3, -0.25) is 0 Å². The Hall–Kier alpha value is 0. The Labute approximate surface area is 122 Å². The van der Waals surface area contributed by atoms with Crippen molar-refractivity contribution in [1.29, 1.82) is 0 Å². The zero-order valence-corrected chi connectivity index (χ0v) is 14.3. The lowest BCUT2D eigenvalue weighted by Crippen LogP contribution is -2.28. The SMILES string of the molecule is CCC(C)CC(C1CCCCCC1)C(CC)C(C)C. The molecule has 1 rings (SSSR count). The minimum absolute atomic E-state index is 0.863. The molecule has 0 aliphatic heterocycles. The molecular formula is C19H38. The summed E-state index contributed by atoms with van der Waals surface area (Å²) in [7, 11) is 0. The molecule has 1 aliphatic carbocycles. The van der Waals surface area contributed by atoms with Crippen LogP contribution < -0.4 is 0 Å². The molecule has 19 heavy (non-hydrogen) atoms. The summed E-state index contributed by atoms with van der Waals surface area (Å²) >= 11 is 0. The van der Waals surface area contributed by atoms with Crippen molar-refractivity contribution in [3.8, 4) is 0 Å². The van der Waals surface area contributed by atoms with Crippen molar-refractivity contribution in [2.45, 2.75) is 92.4 Å². The third-order valence-corrected chi connectivity index (χ3v) is 5.75. The van der Waals surface area contributed by atoms with Gasteiger partial charge in [0.25, 0.3) is 0 Å². The van der Waals surface area contributed by atoms with Crippen LogP contribution in [-0.2, 0) is 0 Å². The van der Waals surface area contributed by atoms with Crippen molar-refractivity contribution < 1.29 is 0 Å². The molecule has 1 saturated carbocycles. The van der Waals surface area contributed by atoms with Gasteiger partial charge in [0.05, 0.1) is 0 Å². The molecule has 0 aromatic heterocycles. The fourth-order valence-electron chi connectivity index (χ4n) is 4.36. The Kier molecular flexibility index (Phi) is 8.11. The van der Waals surface area contributed by atoms with E-state index in [4.69, 9.17) is 0 Å². The average molecular weight is 267 g/mol. The molecule has 0 amide bonds. The van der Waals surface area contributed by atoms with E-state index in [0.29, 0.717) is 0 Å². The lowest BCUT2D eigenvalue weighted by molar-refractivity contribution is 0.128. The molecule has 0 N–H and O–H groups in total. The zero-order valence-electron chi connectivity index (χ0n) is 14.3. The molecule has 0 spiro atoms. The number of hydrogen-bond acceptors (Lipinski definition) is 0. The van der Waals surface area contributed by atoms with Gasteiger partial charge in [-0.2, -0.15) is 0 Å². The molecule has 0 heteroatoms. The molecule has 0 aromatic rings. The summed E-state index contributed by atoms with van der Waals surface area (Å²) in [4.78, 5) is 0. The molecule has 114 valence electrons. The highest BCUT2D eigenvalue weighted by atomic mass is 14.4. The molecule has 3 atom stereocenters. The highest BCUT2D eigenvalue weighted by Crippen LogP contribution is 2.41. The van der Waals surface area contributed by atoms with Gasteiger partial charge >= 0.3 is 0 Å². The summed E-state index contributed by atoms with van der Waals surface area (Å²) in [6.07, 6.45) is 13.2. The summed E-state index contributed by atoms with van der Waals surface area (Å²) in [6, 6.07) is 0. The Bertz CT molecular complexity index is 210. The molecule has 0 aromatic carbocycles. The van der Waals surface area contributed by atoms with Crippen LogP contribution in [-0.4, -0.2) is 0 Å². The van der Waals surface area contributed by atoms with E-state index >= 15 is 0 Å². The second-order valence-electron chi connectivity index (χ2n) is 7.48. The van der Waals surface area contributed by atoms with Crippen molar-refractivity contribution in [2.24, 2.45) is 29.6 Å². The largest absolute Gasteiger partial charge is 0.0651 e. The normalized spacial score (nSPS) is 23.1. The van der Waals surface area contributed by atoms with Crippen LogP contribution in [0.15, 0.2) is 0 Å². The summed E-state index contributed by atoms with van der Waals surface area (Å²) in [6.45, 7) is 12.2. The van der Waals surface area contributed by atoms with Crippen molar-refractivity contribution in [3.63, 3.8) is 0 Å². The van der Waals surface area contributed by atoms with E-state index in [2.05, 4.69) is 34.6 Å². The highest BCUT2D eigenvalue weighted by Gasteiger charge is 2.31. The molecule has 0 bridgehead atoms. The van der Waals surface area contributed by atoms with Gasteiger partial charge in [-0.1, -0.05) is 86.0 Å². The van der Waals surface area contributed by atoms with Crippen LogP contribution >= 0.6 is 0 Å². The second kappa shape index (κ2) is 9.03. The van der Waals surface area contributed by atoms with E-state index in [1.165, 1.54) is 57.8 Å². The minimum atomic E-state index is 0.863. The molecule has 0 nitrogen and oxygen atoms in total. The number of rotatable bonds is 7. The van der Waals surface area contributed by atoms with Crippen molar-refractivity contribution in [1.82, 2.24) is 0 Å². The lowest BCUT2D eigenvalue weighted by atomic mass is 9.68. The second-order valence-corrected chi connectivity index (χ2v) is 7.48. The van der Waals surface area contributed by atoms with E-state index < -0.39 is 0 Å². The van der Waals surface area contributed by atoms with Crippen molar-refractivity contribution in [2.75, 3.05) is 0 Å². The first kappa shape index (κ1) is 17.1. The third-order valence-electron chi connectivity index (χ3n) is 5.75. The smallest absolute Gasteiger partial charge is 0.0353 e. The van der Waals surface area contributed by atoms with E-state index in [0.717, 1.165) is 29.6 Å². The van der Waals surface area contributed by atoms with Crippen LogP contribution in [0.1, 0.15) is 92.4 Å². The lowest BCUT2D eigenvalue weighted by Gasteiger charge is -2.37.